The van der Waals surface area contributed by atoms with Gasteiger partial charge < -0.3 is 19.6 Å². The predicted octanol–water partition coefficient (Wildman–Crippen LogP) is 2.40. The summed E-state index contributed by atoms with van der Waals surface area (Å²) < 4.78 is 5.28. The highest BCUT2D eigenvalue weighted by Crippen LogP contribution is 2.39. The van der Waals surface area contributed by atoms with Crippen LogP contribution in [0.25, 0.3) is 0 Å². The highest BCUT2D eigenvalue weighted by molar-refractivity contribution is 5.82. The molecule has 0 spiro atoms. The van der Waals surface area contributed by atoms with E-state index >= 15 is 0 Å². The van der Waals surface area contributed by atoms with Crippen molar-refractivity contribution in [3.63, 3.8) is 0 Å². The quantitative estimate of drug-likeness (QED) is 0.855. The molecule has 2 unspecified atom stereocenters. The number of piperidine rings is 1. The van der Waals surface area contributed by atoms with Crippen LogP contribution in [0.15, 0.2) is 24.3 Å². The fourth-order valence-electron chi connectivity index (χ4n) is 3.19. The maximum absolute atomic E-state index is 12.7. The maximum Gasteiger partial charge on any atom is 0.308 e. The molecule has 1 aliphatic rings. The van der Waals surface area contributed by atoms with Crippen LogP contribution in [0.4, 0.5) is 0 Å². The molecule has 2 rings (SSSR count). The number of ether oxygens (including phenoxy) is 1. The second kappa shape index (κ2) is 7.44. The number of carbonyl (C=O) groups is 2. The van der Waals surface area contributed by atoms with Crippen LogP contribution in [0, 0.1) is 5.92 Å². The molecule has 1 N–H and O–H groups in total. The lowest BCUT2D eigenvalue weighted by Gasteiger charge is -2.45. The van der Waals surface area contributed by atoms with Gasteiger partial charge in [-0.3, -0.25) is 9.59 Å². The Hall–Kier alpha value is -2.08. The monoisotopic (exact) mass is 348 g/mol. The van der Waals surface area contributed by atoms with Gasteiger partial charge in [0.15, 0.2) is 0 Å². The van der Waals surface area contributed by atoms with E-state index in [0.29, 0.717) is 18.7 Å². The molecule has 1 aromatic carbocycles. The van der Waals surface area contributed by atoms with Crippen LogP contribution in [0.5, 0.6) is 5.75 Å². The average Bonchev–Trinajstić information content (AvgIpc) is 2.56. The van der Waals surface area contributed by atoms with E-state index in [2.05, 4.69) is 0 Å². The predicted molar refractivity (Wildman–Crippen MR) is 95.6 cm³/mol. The van der Waals surface area contributed by atoms with Crippen LogP contribution in [0.2, 0.25) is 0 Å². The van der Waals surface area contributed by atoms with Gasteiger partial charge in [0.25, 0.3) is 0 Å². The number of carboxylic acids is 1. The van der Waals surface area contributed by atoms with Crippen molar-refractivity contribution in [3.05, 3.63) is 29.8 Å². The first-order valence-corrected chi connectivity index (χ1v) is 8.51. The van der Waals surface area contributed by atoms with Crippen LogP contribution >= 0.6 is 0 Å². The van der Waals surface area contributed by atoms with Crippen LogP contribution < -0.4 is 4.74 Å². The number of nitrogens with zero attached hydrogens (tertiary/aromatic N) is 2. The fraction of sp³-hybridized carbons (Fsp3) is 0.579. The first-order chi connectivity index (χ1) is 11.7. The minimum atomic E-state index is -0.868. The Kier molecular flexibility index (Phi) is 5.72. The number of benzene rings is 1. The average molecular weight is 348 g/mol. The Bertz CT molecular complexity index is 642. The van der Waals surface area contributed by atoms with Gasteiger partial charge in [0.2, 0.25) is 5.91 Å². The van der Waals surface area contributed by atoms with Crippen molar-refractivity contribution in [2.45, 2.75) is 38.3 Å². The molecule has 2 atom stereocenters. The fourth-order valence-corrected chi connectivity index (χ4v) is 3.19. The molecule has 1 amide bonds. The van der Waals surface area contributed by atoms with Gasteiger partial charge in [-0.15, -0.1) is 0 Å². The van der Waals surface area contributed by atoms with Crippen LogP contribution in [-0.4, -0.2) is 60.1 Å². The molecule has 138 valence electrons. The Morgan fingerprint density at radius 3 is 2.64 bits per heavy atom. The zero-order valence-corrected chi connectivity index (χ0v) is 15.7. The van der Waals surface area contributed by atoms with Crippen LogP contribution in [0.1, 0.15) is 38.3 Å². The highest BCUT2D eigenvalue weighted by Gasteiger charge is 2.43. The lowest BCUT2D eigenvalue weighted by atomic mass is 9.83. The molecule has 6 heteroatoms. The van der Waals surface area contributed by atoms with Crippen molar-refractivity contribution >= 4 is 11.9 Å². The highest BCUT2D eigenvalue weighted by atomic mass is 16.5. The number of carboxylic acid groups (broad SMARTS) is 1. The van der Waals surface area contributed by atoms with Gasteiger partial charge in [-0.1, -0.05) is 12.1 Å². The van der Waals surface area contributed by atoms with Gasteiger partial charge in [0.05, 0.1) is 19.1 Å². The molecule has 0 radical (unpaired) electrons. The minimum absolute atomic E-state index is 0.000227. The summed E-state index contributed by atoms with van der Waals surface area (Å²) in [5.41, 5.74) is 0.530. The van der Waals surface area contributed by atoms with E-state index in [1.54, 1.807) is 12.0 Å². The molecule has 0 aliphatic carbocycles. The number of hydrogen-bond acceptors (Lipinski definition) is 4. The van der Waals surface area contributed by atoms with Crippen molar-refractivity contribution in [3.8, 4) is 5.75 Å². The number of hydrogen-bond donors (Lipinski definition) is 1. The van der Waals surface area contributed by atoms with E-state index in [1.165, 1.54) is 0 Å². The summed E-state index contributed by atoms with van der Waals surface area (Å²) in [5.74, 6) is -0.831. The van der Waals surface area contributed by atoms with Crippen LogP contribution in [-0.2, 0) is 9.59 Å². The zero-order chi connectivity index (χ0) is 18.8. The van der Waals surface area contributed by atoms with E-state index in [4.69, 9.17) is 4.74 Å². The van der Waals surface area contributed by atoms with Gasteiger partial charge in [-0.2, -0.15) is 0 Å². The van der Waals surface area contributed by atoms with Gasteiger partial charge in [-0.05, 0) is 52.1 Å². The summed E-state index contributed by atoms with van der Waals surface area (Å²) >= 11 is 0. The summed E-state index contributed by atoms with van der Waals surface area (Å²) in [6.07, 6.45) is 0.621. The summed E-state index contributed by atoms with van der Waals surface area (Å²) in [7, 11) is 5.50. The third-order valence-corrected chi connectivity index (χ3v) is 5.23. The summed E-state index contributed by atoms with van der Waals surface area (Å²) in [5, 5.41) is 9.73. The second-order valence-corrected chi connectivity index (χ2v) is 7.43. The minimum Gasteiger partial charge on any atom is -0.497 e. The molecular weight excluding hydrogens is 320 g/mol. The Morgan fingerprint density at radius 2 is 2.08 bits per heavy atom. The van der Waals surface area contributed by atoms with E-state index in [1.807, 2.05) is 57.1 Å². The molecule has 1 saturated heterocycles. The number of aliphatic carboxylic acids is 1. The number of likely N-dealkylation sites (N-methyl/N-ethyl adjacent to an activating group) is 1. The van der Waals surface area contributed by atoms with Crippen molar-refractivity contribution in [1.82, 2.24) is 9.80 Å². The second-order valence-electron chi connectivity index (χ2n) is 7.43. The molecule has 1 aliphatic heterocycles. The van der Waals surface area contributed by atoms with E-state index < -0.39 is 17.9 Å². The van der Waals surface area contributed by atoms with Gasteiger partial charge in [-0.25, -0.2) is 0 Å². The number of amides is 1. The molecule has 25 heavy (non-hydrogen) atoms. The standard InChI is InChI=1S/C19H28N2O4/c1-19(2,20(3)4)12-21-16(22)10-9-15(18(23)24)17(21)13-7-6-8-14(11-13)25-5/h6-8,11,15,17H,9-10,12H2,1-5H3,(H,23,24). The number of carbonyl (C=O) groups excluding carboxylic acids is 1. The summed E-state index contributed by atoms with van der Waals surface area (Å²) in [6, 6.07) is 6.86. The Balaban J connectivity index is 2.47. The first kappa shape index (κ1) is 19.2. The Labute approximate surface area is 149 Å². The van der Waals surface area contributed by atoms with Crippen LogP contribution in [0.3, 0.4) is 0 Å². The maximum atomic E-state index is 12.7. The molecule has 1 fully saturated rings. The summed E-state index contributed by atoms with van der Waals surface area (Å²) in [4.78, 5) is 28.3. The SMILES string of the molecule is COc1cccc(C2C(C(=O)O)CCC(=O)N2CC(C)(C)N(C)C)c1. The van der Waals surface area contributed by atoms with Gasteiger partial charge in [0.1, 0.15) is 5.75 Å². The number of rotatable bonds is 6. The molecule has 6 nitrogen and oxygen atoms in total. The number of methoxy groups -OCH3 is 1. The topological polar surface area (TPSA) is 70.1 Å². The smallest absolute Gasteiger partial charge is 0.308 e. The third-order valence-electron chi connectivity index (χ3n) is 5.23. The van der Waals surface area contributed by atoms with Crippen molar-refractivity contribution in [1.29, 1.82) is 0 Å². The molecule has 1 heterocycles. The lowest BCUT2D eigenvalue weighted by Crippen LogP contribution is -2.54. The van der Waals surface area contributed by atoms with E-state index in [9.17, 15) is 14.7 Å². The molecule has 0 saturated carbocycles. The normalized spacial score (nSPS) is 21.5. The van der Waals surface area contributed by atoms with Crippen molar-refractivity contribution < 1.29 is 19.4 Å². The molecule has 0 aromatic heterocycles. The lowest BCUT2D eigenvalue weighted by molar-refractivity contribution is -0.153. The third kappa shape index (κ3) is 4.12. The Morgan fingerprint density at radius 1 is 1.40 bits per heavy atom. The molecular formula is C19H28N2O4. The van der Waals surface area contributed by atoms with Gasteiger partial charge in [0, 0.05) is 18.5 Å². The molecule has 1 aromatic rings. The van der Waals surface area contributed by atoms with E-state index in [-0.39, 0.29) is 17.9 Å². The largest absolute Gasteiger partial charge is 0.497 e. The van der Waals surface area contributed by atoms with Crippen molar-refractivity contribution in [2.24, 2.45) is 5.92 Å². The van der Waals surface area contributed by atoms with E-state index in [0.717, 1.165) is 5.56 Å². The van der Waals surface area contributed by atoms with Gasteiger partial charge >= 0.3 is 5.97 Å². The number of likely N-dealkylation sites (tertiary alicyclic amines) is 1. The molecule has 0 bridgehead atoms. The zero-order valence-electron chi connectivity index (χ0n) is 15.7. The first-order valence-electron chi connectivity index (χ1n) is 8.51. The van der Waals surface area contributed by atoms with Crippen molar-refractivity contribution in [2.75, 3.05) is 27.7 Å². The summed E-state index contributed by atoms with van der Waals surface area (Å²) in [6.45, 7) is 4.56.